The Morgan fingerprint density at radius 1 is 1.00 bits per heavy atom. The molecule has 0 saturated carbocycles. The van der Waals surface area contributed by atoms with E-state index in [1.165, 1.54) is 6.07 Å². The lowest BCUT2D eigenvalue weighted by Crippen LogP contribution is -2.30. The van der Waals surface area contributed by atoms with Crippen LogP contribution in [0.15, 0.2) is 60.7 Å². The molecular weight excluding hydrogens is 327 g/mol. The van der Waals surface area contributed by atoms with Gasteiger partial charge >= 0.3 is 0 Å². The normalized spacial score (nSPS) is 10.8. The Morgan fingerprint density at radius 2 is 1.62 bits per heavy atom. The number of para-hydroxylation sites is 1. The van der Waals surface area contributed by atoms with Gasteiger partial charge in [0.05, 0.1) is 16.9 Å². The first-order chi connectivity index (χ1) is 12.6. The molecule has 0 aliphatic carbocycles. The minimum atomic E-state index is -0.315. The van der Waals surface area contributed by atoms with Crippen molar-refractivity contribution in [3.63, 3.8) is 0 Å². The first kappa shape index (κ1) is 17.9. The average molecular weight is 350 g/mol. The van der Waals surface area contributed by atoms with Gasteiger partial charge in [-0.2, -0.15) is 0 Å². The van der Waals surface area contributed by atoms with Crippen molar-refractivity contribution in [1.29, 1.82) is 0 Å². The molecule has 134 valence electrons. The molecule has 0 N–H and O–H groups in total. The van der Waals surface area contributed by atoms with Crippen molar-refractivity contribution >= 4 is 5.91 Å². The minimum absolute atomic E-state index is 0.0280. The van der Waals surface area contributed by atoms with Crippen LogP contribution in [0.4, 0.5) is 4.39 Å². The molecule has 0 fully saturated rings. The summed E-state index contributed by atoms with van der Waals surface area (Å²) in [5.74, 6) is -0.343. The van der Waals surface area contributed by atoms with Crippen LogP contribution in [0.1, 0.15) is 29.9 Å². The molecule has 0 bridgehead atoms. The highest BCUT2D eigenvalue weighted by atomic mass is 19.1. The fraction of sp³-hybridized carbons (Fsp3) is 0.227. The van der Waals surface area contributed by atoms with Gasteiger partial charge in [0.25, 0.3) is 5.91 Å². The van der Waals surface area contributed by atoms with E-state index in [-0.39, 0.29) is 11.7 Å². The lowest BCUT2D eigenvalue weighted by Gasteiger charge is -2.18. The van der Waals surface area contributed by atoms with E-state index in [1.807, 2.05) is 61.7 Å². The number of nitrogens with zero attached hydrogens (tertiary/aromatic N) is 2. The van der Waals surface area contributed by atoms with Gasteiger partial charge in [0.2, 0.25) is 0 Å². The van der Waals surface area contributed by atoms with Crippen LogP contribution in [0.3, 0.4) is 0 Å². The molecule has 1 amide bonds. The lowest BCUT2D eigenvalue weighted by atomic mass is 10.1. The Bertz CT molecular complexity index is 911. The van der Waals surface area contributed by atoms with Gasteiger partial charge in [0.1, 0.15) is 5.82 Å². The molecule has 1 aromatic heterocycles. The predicted molar refractivity (Wildman–Crippen MR) is 103 cm³/mol. The molecule has 0 aliphatic rings. The van der Waals surface area contributed by atoms with Crippen molar-refractivity contribution in [1.82, 2.24) is 9.47 Å². The van der Waals surface area contributed by atoms with Crippen LogP contribution in [-0.4, -0.2) is 28.5 Å². The maximum absolute atomic E-state index is 14.5. The topological polar surface area (TPSA) is 25.2 Å². The van der Waals surface area contributed by atoms with E-state index in [9.17, 15) is 9.18 Å². The third-order valence-electron chi connectivity index (χ3n) is 4.69. The van der Waals surface area contributed by atoms with Crippen molar-refractivity contribution in [2.75, 3.05) is 13.1 Å². The van der Waals surface area contributed by atoms with Crippen molar-refractivity contribution in [3.05, 3.63) is 77.7 Å². The molecular formula is C22H23FN2O. The van der Waals surface area contributed by atoms with E-state index < -0.39 is 0 Å². The van der Waals surface area contributed by atoms with E-state index in [0.29, 0.717) is 24.3 Å². The van der Waals surface area contributed by atoms with Gasteiger partial charge in [0, 0.05) is 18.8 Å². The van der Waals surface area contributed by atoms with E-state index in [2.05, 4.69) is 0 Å². The highest BCUT2D eigenvalue weighted by Gasteiger charge is 2.23. The minimum Gasteiger partial charge on any atom is -0.339 e. The first-order valence-corrected chi connectivity index (χ1v) is 8.90. The number of hydrogen-bond donors (Lipinski definition) is 0. The van der Waals surface area contributed by atoms with Crippen molar-refractivity contribution in [3.8, 4) is 16.9 Å². The fourth-order valence-corrected chi connectivity index (χ4v) is 3.27. The average Bonchev–Trinajstić information content (AvgIpc) is 3.01. The second-order valence-electron chi connectivity index (χ2n) is 6.16. The second-order valence-corrected chi connectivity index (χ2v) is 6.16. The summed E-state index contributed by atoms with van der Waals surface area (Å²) in [5, 5.41) is 0. The Hall–Kier alpha value is -2.88. The summed E-state index contributed by atoms with van der Waals surface area (Å²) in [6, 6.07) is 18.3. The van der Waals surface area contributed by atoms with Gasteiger partial charge < -0.3 is 9.47 Å². The van der Waals surface area contributed by atoms with Gasteiger partial charge in [-0.25, -0.2) is 4.39 Å². The molecule has 2 aromatic carbocycles. The van der Waals surface area contributed by atoms with Crippen LogP contribution < -0.4 is 0 Å². The number of aromatic nitrogens is 1. The number of carbonyl (C=O) groups excluding carboxylic acids is 1. The van der Waals surface area contributed by atoms with E-state index in [0.717, 1.165) is 17.0 Å². The Balaban J connectivity index is 2.25. The first-order valence-electron chi connectivity index (χ1n) is 8.90. The predicted octanol–water partition coefficient (Wildman–Crippen LogP) is 5.07. The summed E-state index contributed by atoms with van der Waals surface area (Å²) < 4.78 is 16.4. The SMILES string of the molecule is CCN(CC)C(=O)c1cc(-c2ccccc2)n(-c2ccccc2F)c1C. The molecule has 0 saturated heterocycles. The largest absolute Gasteiger partial charge is 0.339 e. The van der Waals surface area contributed by atoms with Crippen LogP contribution >= 0.6 is 0 Å². The van der Waals surface area contributed by atoms with Crippen LogP contribution in [-0.2, 0) is 0 Å². The third-order valence-corrected chi connectivity index (χ3v) is 4.69. The number of carbonyl (C=O) groups is 1. The Kier molecular flexibility index (Phi) is 5.21. The molecule has 1 heterocycles. The standard InChI is InChI=1S/C22H23FN2O/c1-4-24(5-2)22(26)18-15-21(17-11-7-6-8-12-17)25(16(18)3)20-14-10-9-13-19(20)23/h6-15H,4-5H2,1-3H3. The molecule has 4 heteroatoms. The summed E-state index contributed by atoms with van der Waals surface area (Å²) >= 11 is 0. The van der Waals surface area contributed by atoms with E-state index in [1.54, 1.807) is 23.1 Å². The molecule has 0 atom stereocenters. The zero-order valence-electron chi connectivity index (χ0n) is 15.4. The number of halogens is 1. The summed E-state index contributed by atoms with van der Waals surface area (Å²) in [7, 11) is 0. The Labute approximate surface area is 153 Å². The van der Waals surface area contributed by atoms with E-state index in [4.69, 9.17) is 0 Å². The van der Waals surface area contributed by atoms with Gasteiger partial charge in [-0.05, 0) is 44.5 Å². The number of rotatable bonds is 5. The highest BCUT2D eigenvalue weighted by molar-refractivity contribution is 5.97. The molecule has 0 unspecified atom stereocenters. The summed E-state index contributed by atoms with van der Waals surface area (Å²) in [6.07, 6.45) is 0. The van der Waals surface area contributed by atoms with Crippen molar-refractivity contribution in [2.24, 2.45) is 0 Å². The third kappa shape index (κ3) is 3.15. The number of hydrogen-bond acceptors (Lipinski definition) is 1. The van der Waals surface area contributed by atoms with E-state index >= 15 is 0 Å². The molecule has 0 spiro atoms. The second kappa shape index (κ2) is 7.56. The summed E-state index contributed by atoms with van der Waals surface area (Å²) in [4.78, 5) is 14.7. The number of amides is 1. The molecule has 0 radical (unpaired) electrons. The zero-order valence-corrected chi connectivity index (χ0v) is 15.4. The molecule has 0 aliphatic heterocycles. The smallest absolute Gasteiger partial charge is 0.255 e. The van der Waals surface area contributed by atoms with Crippen LogP contribution in [0, 0.1) is 12.7 Å². The summed E-state index contributed by atoms with van der Waals surface area (Å²) in [6.45, 7) is 7.07. The van der Waals surface area contributed by atoms with Crippen LogP contribution in [0.5, 0.6) is 0 Å². The van der Waals surface area contributed by atoms with Crippen molar-refractivity contribution in [2.45, 2.75) is 20.8 Å². The van der Waals surface area contributed by atoms with Gasteiger partial charge in [0.15, 0.2) is 0 Å². The molecule has 3 rings (SSSR count). The molecule has 3 aromatic rings. The molecule has 3 nitrogen and oxygen atoms in total. The quantitative estimate of drug-likeness (QED) is 0.630. The van der Waals surface area contributed by atoms with Crippen LogP contribution in [0.2, 0.25) is 0 Å². The highest BCUT2D eigenvalue weighted by Crippen LogP contribution is 2.31. The van der Waals surface area contributed by atoms with Gasteiger partial charge in [-0.3, -0.25) is 4.79 Å². The summed E-state index contributed by atoms with van der Waals surface area (Å²) in [5.41, 5.74) is 3.55. The maximum Gasteiger partial charge on any atom is 0.255 e. The van der Waals surface area contributed by atoms with Crippen LogP contribution in [0.25, 0.3) is 16.9 Å². The fourth-order valence-electron chi connectivity index (χ4n) is 3.27. The van der Waals surface area contributed by atoms with Crippen molar-refractivity contribution < 1.29 is 9.18 Å². The maximum atomic E-state index is 14.5. The van der Waals surface area contributed by atoms with Gasteiger partial charge in [-0.1, -0.05) is 42.5 Å². The van der Waals surface area contributed by atoms with Gasteiger partial charge in [-0.15, -0.1) is 0 Å². The lowest BCUT2D eigenvalue weighted by molar-refractivity contribution is 0.0772. The molecule has 26 heavy (non-hydrogen) atoms. The monoisotopic (exact) mass is 350 g/mol. The number of benzene rings is 2. The Morgan fingerprint density at radius 3 is 2.23 bits per heavy atom. The zero-order chi connectivity index (χ0) is 18.7.